The molecular formula is C22H26BrNO. The third-order valence-corrected chi connectivity index (χ3v) is 6.47. The monoisotopic (exact) mass is 399 g/mol. The number of rotatable bonds is 4. The molecule has 1 fully saturated rings. The number of aryl methyl sites for hydroxylation is 1. The molecule has 1 aliphatic carbocycles. The van der Waals surface area contributed by atoms with Crippen LogP contribution in [0.2, 0.25) is 0 Å². The van der Waals surface area contributed by atoms with Gasteiger partial charge in [0.2, 0.25) is 0 Å². The smallest absolute Gasteiger partial charge is 0.0594 e. The fraction of sp³-hybridized carbons (Fsp3) is 0.455. The molecule has 0 saturated carbocycles. The van der Waals surface area contributed by atoms with Gasteiger partial charge in [0.1, 0.15) is 0 Å². The zero-order valence-corrected chi connectivity index (χ0v) is 16.3. The van der Waals surface area contributed by atoms with E-state index in [9.17, 15) is 0 Å². The number of hydrogen-bond acceptors (Lipinski definition) is 2. The van der Waals surface area contributed by atoms with Crippen LogP contribution in [0.25, 0.3) is 0 Å². The molecule has 4 rings (SSSR count). The normalized spacial score (nSPS) is 24.0. The summed E-state index contributed by atoms with van der Waals surface area (Å²) in [6.45, 7) is 5.04. The van der Waals surface area contributed by atoms with E-state index in [4.69, 9.17) is 4.74 Å². The van der Waals surface area contributed by atoms with E-state index in [1.807, 2.05) is 0 Å². The molecule has 2 aliphatic rings. The predicted octanol–water partition coefficient (Wildman–Crippen LogP) is 4.79. The molecule has 0 spiro atoms. The number of fused-ring (bicyclic) bond motifs is 1. The van der Waals surface area contributed by atoms with Crippen molar-refractivity contribution in [3.63, 3.8) is 0 Å². The van der Waals surface area contributed by atoms with Crippen LogP contribution in [0.3, 0.4) is 0 Å². The summed E-state index contributed by atoms with van der Waals surface area (Å²) in [7, 11) is 0. The van der Waals surface area contributed by atoms with Crippen LogP contribution in [-0.2, 0) is 16.6 Å². The van der Waals surface area contributed by atoms with Crippen molar-refractivity contribution >= 4 is 15.9 Å². The molecule has 0 N–H and O–H groups in total. The molecule has 0 unspecified atom stereocenters. The molecule has 0 amide bonds. The second-order valence-corrected chi connectivity index (χ2v) is 8.22. The first-order valence-corrected chi connectivity index (χ1v) is 10.2. The summed E-state index contributed by atoms with van der Waals surface area (Å²) < 4.78 is 6.68. The third-order valence-electron chi connectivity index (χ3n) is 5.94. The fourth-order valence-corrected chi connectivity index (χ4v) is 4.83. The molecule has 2 nitrogen and oxygen atoms in total. The highest BCUT2D eigenvalue weighted by atomic mass is 79.9. The van der Waals surface area contributed by atoms with Gasteiger partial charge in [-0.15, -0.1) is 0 Å². The van der Waals surface area contributed by atoms with Gasteiger partial charge in [-0.1, -0.05) is 52.3 Å². The largest absolute Gasteiger partial charge is 0.379 e. The topological polar surface area (TPSA) is 12.5 Å². The summed E-state index contributed by atoms with van der Waals surface area (Å²) in [5, 5.41) is 0. The quantitative estimate of drug-likeness (QED) is 0.732. The van der Waals surface area contributed by atoms with Crippen LogP contribution in [0.5, 0.6) is 0 Å². The minimum absolute atomic E-state index is 0.147. The third kappa shape index (κ3) is 3.55. The lowest BCUT2D eigenvalue weighted by molar-refractivity contribution is 0.0348. The average molecular weight is 400 g/mol. The van der Waals surface area contributed by atoms with Crippen LogP contribution in [0.1, 0.15) is 36.0 Å². The van der Waals surface area contributed by atoms with E-state index in [1.54, 1.807) is 11.1 Å². The Morgan fingerprint density at radius 1 is 1.00 bits per heavy atom. The van der Waals surface area contributed by atoms with Crippen LogP contribution in [0, 0.1) is 0 Å². The van der Waals surface area contributed by atoms with Crippen molar-refractivity contribution < 1.29 is 4.74 Å². The molecule has 1 heterocycles. The number of morpholine rings is 1. The lowest BCUT2D eigenvalue weighted by Crippen LogP contribution is -2.41. The van der Waals surface area contributed by atoms with Gasteiger partial charge in [-0.05, 0) is 61.1 Å². The summed E-state index contributed by atoms with van der Waals surface area (Å²) in [6.07, 6.45) is 4.92. The van der Waals surface area contributed by atoms with Crippen molar-refractivity contribution in [1.29, 1.82) is 0 Å². The second-order valence-electron chi connectivity index (χ2n) is 7.30. The van der Waals surface area contributed by atoms with Crippen LogP contribution in [-0.4, -0.2) is 37.7 Å². The Labute approximate surface area is 159 Å². The van der Waals surface area contributed by atoms with Crippen LogP contribution in [0.15, 0.2) is 53.0 Å². The molecule has 3 heteroatoms. The SMILES string of the molecule is Brc1ccc([C@]2(CCN3CCOCC3)CCCc3ccccc32)cc1. The Morgan fingerprint density at radius 2 is 1.76 bits per heavy atom. The molecule has 2 aromatic rings. The van der Waals surface area contributed by atoms with Gasteiger partial charge in [-0.3, -0.25) is 4.90 Å². The summed E-state index contributed by atoms with van der Waals surface area (Å²) in [5.74, 6) is 0. The number of benzene rings is 2. The van der Waals surface area contributed by atoms with E-state index >= 15 is 0 Å². The van der Waals surface area contributed by atoms with Crippen molar-refractivity contribution in [1.82, 2.24) is 4.90 Å². The van der Waals surface area contributed by atoms with E-state index in [0.29, 0.717) is 0 Å². The Morgan fingerprint density at radius 3 is 2.56 bits per heavy atom. The minimum atomic E-state index is 0.147. The summed E-state index contributed by atoms with van der Waals surface area (Å²) in [6, 6.07) is 18.2. The maximum absolute atomic E-state index is 5.52. The molecular weight excluding hydrogens is 374 g/mol. The van der Waals surface area contributed by atoms with Gasteiger partial charge >= 0.3 is 0 Å². The maximum Gasteiger partial charge on any atom is 0.0594 e. The second kappa shape index (κ2) is 7.61. The first-order valence-electron chi connectivity index (χ1n) is 9.42. The highest BCUT2D eigenvalue weighted by molar-refractivity contribution is 9.10. The van der Waals surface area contributed by atoms with Crippen molar-refractivity contribution in [2.24, 2.45) is 0 Å². The molecule has 0 bridgehead atoms. The predicted molar refractivity (Wildman–Crippen MR) is 106 cm³/mol. The lowest BCUT2D eigenvalue weighted by Gasteiger charge is -2.42. The van der Waals surface area contributed by atoms with Crippen LogP contribution < -0.4 is 0 Å². The van der Waals surface area contributed by atoms with Gasteiger partial charge in [0, 0.05) is 23.0 Å². The standard InChI is InChI=1S/C22H26BrNO/c23-20-9-7-19(8-10-20)22(12-13-24-14-16-25-17-15-24)11-3-5-18-4-1-2-6-21(18)22/h1-2,4,6-10H,3,5,11-17H2/t22-/m1/s1. The van der Waals surface area contributed by atoms with E-state index in [0.717, 1.165) is 37.3 Å². The molecule has 1 aliphatic heterocycles. The first-order chi connectivity index (χ1) is 12.3. The highest BCUT2D eigenvalue weighted by Crippen LogP contribution is 2.45. The Balaban J connectivity index is 1.70. The Kier molecular flexibility index (Phi) is 5.25. The van der Waals surface area contributed by atoms with Gasteiger partial charge in [0.25, 0.3) is 0 Å². The molecule has 2 aromatic carbocycles. The number of hydrogen-bond donors (Lipinski definition) is 0. The summed E-state index contributed by atoms with van der Waals surface area (Å²) in [4.78, 5) is 2.57. The Hall–Kier alpha value is -1.16. The molecule has 1 saturated heterocycles. The first kappa shape index (κ1) is 17.3. The zero-order valence-electron chi connectivity index (χ0n) is 14.7. The zero-order chi connectivity index (χ0) is 17.1. The average Bonchev–Trinajstić information content (AvgIpc) is 2.68. The van der Waals surface area contributed by atoms with Gasteiger partial charge in [-0.25, -0.2) is 0 Å². The van der Waals surface area contributed by atoms with Gasteiger partial charge in [-0.2, -0.15) is 0 Å². The van der Waals surface area contributed by atoms with E-state index < -0.39 is 0 Å². The Bertz CT molecular complexity index is 708. The molecule has 132 valence electrons. The van der Waals surface area contributed by atoms with Crippen molar-refractivity contribution in [3.8, 4) is 0 Å². The van der Waals surface area contributed by atoms with E-state index in [2.05, 4.69) is 69.4 Å². The maximum atomic E-state index is 5.52. The van der Waals surface area contributed by atoms with Gasteiger partial charge < -0.3 is 4.74 Å². The number of ether oxygens (including phenoxy) is 1. The van der Waals surface area contributed by atoms with Crippen molar-refractivity contribution in [2.75, 3.05) is 32.8 Å². The lowest BCUT2D eigenvalue weighted by atomic mass is 9.64. The number of nitrogens with zero attached hydrogens (tertiary/aromatic N) is 1. The summed E-state index contributed by atoms with van der Waals surface area (Å²) in [5.41, 5.74) is 4.71. The highest BCUT2D eigenvalue weighted by Gasteiger charge is 2.38. The molecule has 1 atom stereocenters. The molecule has 25 heavy (non-hydrogen) atoms. The molecule has 0 aromatic heterocycles. The van der Waals surface area contributed by atoms with Gasteiger partial charge in [0.05, 0.1) is 13.2 Å². The van der Waals surface area contributed by atoms with Crippen LogP contribution >= 0.6 is 15.9 Å². The molecule has 0 radical (unpaired) electrons. The van der Waals surface area contributed by atoms with Crippen molar-refractivity contribution in [2.45, 2.75) is 31.1 Å². The van der Waals surface area contributed by atoms with Gasteiger partial charge in [0.15, 0.2) is 0 Å². The van der Waals surface area contributed by atoms with Crippen LogP contribution in [0.4, 0.5) is 0 Å². The van der Waals surface area contributed by atoms with Crippen molar-refractivity contribution in [3.05, 3.63) is 69.7 Å². The fourth-order valence-electron chi connectivity index (χ4n) is 4.57. The van der Waals surface area contributed by atoms with E-state index in [-0.39, 0.29) is 5.41 Å². The summed E-state index contributed by atoms with van der Waals surface area (Å²) >= 11 is 3.60. The minimum Gasteiger partial charge on any atom is -0.379 e. The van der Waals surface area contributed by atoms with E-state index in [1.165, 1.54) is 31.2 Å². The number of halogens is 1.